The fourth-order valence-corrected chi connectivity index (χ4v) is 7.37. The van der Waals surface area contributed by atoms with Gasteiger partial charge in [-0.05, 0) is 37.8 Å². The molecule has 2 rings (SSSR count). The number of hydrogen-bond donors (Lipinski definition) is 6. The maximum Gasteiger partial charge on any atom is 0.304 e. The van der Waals surface area contributed by atoms with Gasteiger partial charge >= 0.3 is 5.97 Å². The third kappa shape index (κ3) is 19.1. The third-order valence-electron chi connectivity index (χ3n) is 11.2. The van der Waals surface area contributed by atoms with Gasteiger partial charge in [0.2, 0.25) is 17.7 Å². The first-order chi connectivity index (χ1) is 27.7. The van der Waals surface area contributed by atoms with Gasteiger partial charge < -0.3 is 26.2 Å². The zero-order valence-electron chi connectivity index (χ0n) is 36.1. The Morgan fingerprint density at radius 1 is 0.621 bits per heavy atom. The maximum absolute atomic E-state index is 13.4. The molecule has 0 aromatic heterocycles. The van der Waals surface area contributed by atoms with Crippen molar-refractivity contribution in [3.8, 4) is 0 Å². The van der Waals surface area contributed by atoms with E-state index < -0.39 is 28.9 Å². The van der Waals surface area contributed by atoms with Crippen LogP contribution in [0.1, 0.15) is 171 Å². The zero-order valence-corrected chi connectivity index (χ0v) is 36.1. The summed E-state index contributed by atoms with van der Waals surface area (Å²) in [6.07, 6.45) is 15.2. The lowest BCUT2D eigenvalue weighted by Crippen LogP contribution is -2.47. The van der Waals surface area contributed by atoms with Gasteiger partial charge in [0.05, 0.1) is 6.42 Å². The second kappa shape index (κ2) is 27.6. The largest absolute Gasteiger partial charge is 0.481 e. The Morgan fingerprint density at radius 3 is 1.72 bits per heavy atom. The van der Waals surface area contributed by atoms with Gasteiger partial charge in [-0.15, -0.1) is 0 Å². The van der Waals surface area contributed by atoms with E-state index in [-0.39, 0.29) is 43.0 Å². The van der Waals surface area contributed by atoms with Crippen LogP contribution in [0.25, 0.3) is 0 Å². The summed E-state index contributed by atoms with van der Waals surface area (Å²) in [5, 5.41) is 31.7. The van der Waals surface area contributed by atoms with E-state index >= 15 is 0 Å². The number of carboxylic acids is 1. The third-order valence-corrected chi connectivity index (χ3v) is 11.2. The Bertz CT molecular complexity index is 1510. The molecule has 324 valence electrons. The number of nitrogens with one attached hydrogen (secondary N) is 4. The molecule has 0 radical (unpaired) electrons. The normalized spacial score (nSPS) is 13.6. The maximum atomic E-state index is 13.4. The van der Waals surface area contributed by atoms with Crippen LogP contribution >= 0.6 is 0 Å². The van der Waals surface area contributed by atoms with Gasteiger partial charge in [-0.3, -0.25) is 29.3 Å². The van der Waals surface area contributed by atoms with Crippen molar-refractivity contribution in [2.24, 2.45) is 16.7 Å². The predicted octanol–water partition coefficient (Wildman–Crippen LogP) is 8.25. The number of aliphatic hydroxyl groups is 1. The number of unbranched alkanes of at least 4 members (excludes halogenated alkanes) is 11. The summed E-state index contributed by atoms with van der Waals surface area (Å²) in [6, 6.07) is 15.8. The number of carbonyl (C=O) groups excluding carboxylic acids is 4. The summed E-state index contributed by atoms with van der Waals surface area (Å²) < 4.78 is 0. The van der Waals surface area contributed by atoms with E-state index in [1.807, 2.05) is 45.9 Å². The molecule has 0 aliphatic heterocycles. The predicted molar refractivity (Wildman–Crippen MR) is 231 cm³/mol. The molecular formula is C47H74N4O7. The number of aliphatic hydroxyl groups excluding tert-OH is 1. The van der Waals surface area contributed by atoms with Crippen LogP contribution < -0.4 is 21.3 Å². The molecule has 0 fully saturated rings. The van der Waals surface area contributed by atoms with Gasteiger partial charge in [0.25, 0.3) is 0 Å². The molecule has 3 amide bonds. The molecule has 11 heteroatoms. The molecule has 11 nitrogen and oxygen atoms in total. The van der Waals surface area contributed by atoms with Crippen molar-refractivity contribution in [3.05, 3.63) is 71.3 Å². The van der Waals surface area contributed by atoms with Crippen molar-refractivity contribution in [1.82, 2.24) is 21.3 Å². The summed E-state index contributed by atoms with van der Waals surface area (Å²) >= 11 is 0. The number of carboxylic acid groups (broad SMARTS) is 1. The Labute approximate surface area is 348 Å². The molecule has 0 bridgehead atoms. The van der Waals surface area contributed by atoms with Gasteiger partial charge in [0, 0.05) is 47.5 Å². The van der Waals surface area contributed by atoms with Crippen LogP contribution in [-0.2, 0) is 19.2 Å². The van der Waals surface area contributed by atoms with E-state index in [9.17, 15) is 34.2 Å². The van der Waals surface area contributed by atoms with Gasteiger partial charge in [0.15, 0.2) is 5.78 Å². The quantitative estimate of drug-likeness (QED) is 0.0244. The van der Waals surface area contributed by atoms with Crippen molar-refractivity contribution < 1.29 is 34.2 Å². The average molecular weight is 807 g/mol. The lowest BCUT2D eigenvalue weighted by molar-refractivity contribution is -0.141. The van der Waals surface area contributed by atoms with Crippen molar-refractivity contribution in [3.63, 3.8) is 0 Å². The molecule has 0 aliphatic carbocycles. The second-order valence-electron chi connectivity index (χ2n) is 16.8. The van der Waals surface area contributed by atoms with Crippen LogP contribution in [-0.4, -0.2) is 65.9 Å². The standard InChI is InChI=1S/C47H74N4O7/c1-6-8-9-10-11-12-13-14-15-16-17-19-25-39(34-40(52)53)43(56)49-32-33-51-45(58)47(5,7-2)35-46(3,4)44(57)50-31-22-30-48-42(55)38-28-26-37(27-29-38)41(54)36-23-20-18-21-24-36/h18,20-21,23-24,26-29,39,42,48,55H,6-17,19,22,25,30-35H2,1-5H3,(H,49,56)(H,50,57)(H,51,58)(H,52,53). The Morgan fingerprint density at radius 2 is 1.16 bits per heavy atom. The van der Waals surface area contributed by atoms with Crippen LogP contribution in [0.2, 0.25) is 0 Å². The highest BCUT2D eigenvalue weighted by atomic mass is 16.4. The number of hydrogen-bond acceptors (Lipinski definition) is 7. The van der Waals surface area contributed by atoms with Crippen LogP contribution in [0.5, 0.6) is 0 Å². The van der Waals surface area contributed by atoms with E-state index in [4.69, 9.17) is 0 Å². The van der Waals surface area contributed by atoms with Crippen LogP contribution in [0.4, 0.5) is 0 Å². The van der Waals surface area contributed by atoms with E-state index in [0.717, 1.165) is 19.3 Å². The molecule has 0 saturated heterocycles. The summed E-state index contributed by atoms with van der Waals surface area (Å²) in [7, 11) is 0. The lowest BCUT2D eigenvalue weighted by atomic mass is 9.71. The van der Waals surface area contributed by atoms with Crippen LogP contribution in [0, 0.1) is 16.7 Å². The summed E-state index contributed by atoms with van der Waals surface area (Å²) in [5.74, 6) is -2.37. The highest BCUT2D eigenvalue weighted by Crippen LogP contribution is 2.37. The average Bonchev–Trinajstić information content (AvgIpc) is 3.21. The number of ketones is 1. The van der Waals surface area contributed by atoms with Gasteiger partial charge in [0.1, 0.15) is 6.23 Å². The fourth-order valence-electron chi connectivity index (χ4n) is 7.37. The highest BCUT2D eigenvalue weighted by molar-refractivity contribution is 6.08. The van der Waals surface area contributed by atoms with Crippen molar-refractivity contribution in [2.75, 3.05) is 26.2 Å². The first kappa shape index (κ1) is 50.1. The second-order valence-corrected chi connectivity index (χ2v) is 16.8. The van der Waals surface area contributed by atoms with Gasteiger partial charge in [-0.2, -0.15) is 0 Å². The lowest BCUT2D eigenvalue weighted by Gasteiger charge is -2.35. The molecule has 3 atom stereocenters. The monoisotopic (exact) mass is 807 g/mol. The SMILES string of the molecule is CCCCCCCCCCCCCCC(CC(=O)O)C(=O)NCCNC(=O)C(C)(CC)CC(C)(C)C(=O)NCCCNC(O)c1ccc(C(=O)c2ccccc2)cc1. The van der Waals surface area contributed by atoms with Crippen LogP contribution in [0.3, 0.4) is 0 Å². The van der Waals surface area contributed by atoms with Crippen LogP contribution in [0.15, 0.2) is 54.6 Å². The molecule has 3 unspecified atom stereocenters. The van der Waals surface area contributed by atoms with Gasteiger partial charge in [-0.1, -0.05) is 166 Å². The number of carbonyl (C=O) groups is 5. The minimum absolute atomic E-state index is 0.0853. The molecule has 0 saturated carbocycles. The number of aliphatic carboxylic acids is 1. The summed E-state index contributed by atoms with van der Waals surface area (Å²) in [4.78, 5) is 63.7. The first-order valence-corrected chi connectivity index (χ1v) is 21.9. The molecule has 2 aromatic carbocycles. The van der Waals surface area contributed by atoms with Gasteiger partial charge in [-0.25, -0.2) is 0 Å². The van der Waals surface area contributed by atoms with Crippen molar-refractivity contribution >= 4 is 29.5 Å². The first-order valence-electron chi connectivity index (χ1n) is 21.9. The molecule has 0 spiro atoms. The topological polar surface area (TPSA) is 174 Å². The number of rotatable bonds is 32. The smallest absolute Gasteiger partial charge is 0.304 e. The highest BCUT2D eigenvalue weighted by Gasteiger charge is 2.40. The molecular weight excluding hydrogens is 733 g/mol. The molecule has 0 heterocycles. The van der Waals surface area contributed by atoms with E-state index in [2.05, 4.69) is 28.2 Å². The fraction of sp³-hybridized carbons (Fsp3) is 0.638. The molecule has 0 aliphatic rings. The summed E-state index contributed by atoms with van der Waals surface area (Å²) in [5.41, 5.74) is 0.0833. The minimum atomic E-state index is -0.995. The van der Waals surface area contributed by atoms with E-state index in [0.29, 0.717) is 55.5 Å². The Hall–Kier alpha value is -4.09. The van der Waals surface area contributed by atoms with Crippen molar-refractivity contribution in [2.45, 2.75) is 150 Å². The molecule has 58 heavy (non-hydrogen) atoms. The Kier molecular flexibility index (Phi) is 23.8. The minimum Gasteiger partial charge on any atom is -0.481 e. The molecule has 2 aromatic rings. The van der Waals surface area contributed by atoms with Crippen molar-refractivity contribution in [1.29, 1.82) is 0 Å². The van der Waals surface area contributed by atoms with E-state index in [1.165, 1.54) is 57.8 Å². The molecule has 6 N–H and O–H groups in total. The van der Waals surface area contributed by atoms with E-state index in [1.54, 1.807) is 36.4 Å². The zero-order chi connectivity index (χ0) is 42.8. The Balaban J connectivity index is 1.69. The number of benzene rings is 2. The summed E-state index contributed by atoms with van der Waals surface area (Å²) in [6.45, 7) is 10.8. The number of amides is 3.